The maximum atomic E-state index is 11.6. The number of nitrogens with one attached hydrogen (secondary N) is 1. The second-order valence-electron chi connectivity index (χ2n) is 4.74. The molecule has 0 spiro atoms. The lowest BCUT2D eigenvalue weighted by molar-refractivity contribution is -0.125. The first kappa shape index (κ1) is 12.7. The molecule has 1 amide bonds. The normalized spacial score (nSPS) is 16.7. The molecule has 5 nitrogen and oxygen atoms in total. The molecule has 5 heteroatoms. The summed E-state index contributed by atoms with van der Waals surface area (Å²) in [5.74, 6) is 1.11. The zero-order valence-corrected chi connectivity index (χ0v) is 10.9. The standard InChI is InChI=1S/C13H20N4O/c1-9-3-4-11(14)12(16-9)17-7-5-10(6-8-17)13(18)15-2/h3-4,10H,5-8,14H2,1-2H3,(H,15,18). The van der Waals surface area contributed by atoms with E-state index in [-0.39, 0.29) is 11.8 Å². The van der Waals surface area contributed by atoms with Crippen LogP contribution in [0.2, 0.25) is 0 Å². The average Bonchev–Trinajstić information content (AvgIpc) is 2.41. The van der Waals surface area contributed by atoms with Gasteiger partial charge in [-0.2, -0.15) is 0 Å². The van der Waals surface area contributed by atoms with Crippen molar-refractivity contribution in [3.05, 3.63) is 17.8 Å². The van der Waals surface area contributed by atoms with Crippen LogP contribution in [0, 0.1) is 12.8 Å². The van der Waals surface area contributed by atoms with Crippen LogP contribution in [-0.2, 0) is 4.79 Å². The van der Waals surface area contributed by atoms with Crippen LogP contribution in [0.5, 0.6) is 0 Å². The predicted molar refractivity (Wildman–Crippen MR) is 72.4 cm³/mol. The number of nitrogens with zero attached hydrogens (tertiary/aromatic N) is 2. The third-order valence-corrected chi connectivity index (χ3v) is 3.46. The van der Waals surface area contributed by atoms with Crippen LogP contribution in [0.1, 0.15) is 18.5 Å². The van der Waals surface area contributed by atoms with E-state index >= 15 is 0 Å². The van der Waals surface area contributed by atoms with E-state index < -0.39 is 0 Å². The van der Waals surface area contributed by atoms with Crippen LogP contribution in [-0.4, -0.2) is 31.0 Å². The minimum atomic E-state index is 0.122. The number of hydrogen-bond acceptors (Lipinski definition) is 4. The maximum absolute atomic E-state index is 11.6. The molecule has 0 atom stereocenters. The van der Waals surface area contributed by atoms with Crippen molar-refractivity contribution < 1.29 is 4.79 Å². The van der Waals surface area contributed by atoms with Gasteiger partial charge in [-0.25, -0.2) is 4.98 Å². The summed E-state index contributed by atoms with van der Waals surface area (Å²) >= 11 is 0. The van der Waals surface area contributed by atoms with Crippen LogP contribution in [0.3, 0.4) is 0 Å². The number of anilines is 2. The van der Waals surface area contributed by atoms with Crippen molar-refractivity contribution in [3.8, 4) is 0 Å². The van der Waals surface area contributed by atoms with Gasteiger partial charge in [-0.15, -0.1) is 0 Å². The van der Waals surface area contributed by atoms with Crippen LogP contribution in [0.15, 0.2) is 12.1 Å². The smallest absolute Gasteiger partial charge is 0.222 e. The largest absolute Gasteiger partial charge is 0.396 e. The Morgan fingerprint density at radius 1 is 1.44 bits per heavy atom. The van der Waals surface area contributed by atoms with Crippen molar-refractivity contribution >= 4 is 17.4 Å². The molecule has 18 heavy (non-hydrogen) atoms. The molecule has 1 aromatic heterocycles. The Balaban J connectivity index is 2.05. The molecule has 0 radical (unpaired) electrons. The number of piperidine rings is 1. The minimum absolute atomic E-state index is 0.122. The molecule has 1 aromatic rings. The Kier molecular flexibility index (Phi) is 3.69. The second kappa shape index (κ2) is 5.25. The molecule has 1 fully saturated rings. The van der Waals surface area contributed by atoms with Gasteiger partial charge in [0.05, 0.1) is 5.69 Å². The molecular weight excluding hydrogens is 228 g/mol. The molecule has 98 valence electrons. The number of nitrogen functional groups attached to an aromatic ring is 1. The molecule has 0 aromatic carbocycles. The minimum Gasteiger partial charge on any atom is -0.396 e. The summed E-state index contributed by atoms with van der Waals surface area (Å²) in [7, 11) is 1.69. The Hall–Kier alpha value is -1.78. The summed E-state index contributed by atoms with van der Waals surface area (Å²) in [5.41, 5.74) is 7.63. The van der Waals surface area contributed by atoms with Crippen LogP contribution in [0.25, 0.3) is 0 Å². The lowest BCUT2D eigenvalue weighted by Crippen LogP contribution is -2.40. The van der Waals surface area contributed by atoms with E-state index in [0.29, 0.717) is 5.69 Å². The highest BCUT2D eigenvalue weighted by Crippen LogP contribution is 2.26. The number of rotatable bonds is 2. The zero-order chi connectivity index (χ0) is 13.1. The van der Waals surface area contributed by atoms with Gasteiger partial charge in [-0.05, 0) is 31.9 Å². The zero-order valence-electron chi connectivity index (χ0n) is 10.9. The first-order valence-electron chi connectivity index (χ1n) is 6.31. The first-order valence-corrected chi connectivity index (χ1v) is 6.31. The van der Waals surface area contributed by atoms with Gasteiger partial charge in [0.25, 0.3) is 0 Å². The molecule has 1 aliphatic rings. The summed E-state index contributed by atoms with van der Waals surface area (Å²) in [6.45, 7) is 3.62. The highest BCUT2D eigenvalue weighted by Gasteiger charge is 2.25. The fourth-order valence-corrected chi connectivity index (χ4v) is 2.36. The van der Waals surface area contributed by atoms with Gasteiger partial charge in [0.15, 0.2) is 5.82 Å². The monoisotopic (exact) mass is 248 g/mol. The number of nitrogens with two attached hydrogens (primary N) is 1. The van der Waals surface area contributed by atoms with E-state index in [2.05, 4.69) is 15.2 Å². The maximum Gasteiger partial charge on any atom is 0.222 e. The summed E-state index contributed by atoms with van der Waals surface area (Å²) in [4.78, 5) is 18.2. The Bertz CT molecular complexity index is 439. The third-order valence-electron chi connectivity index (χ3n) is 3.46. The fraction of sp³-hybridized carbons (Fsp3) is 0.538. The molecule has 0 saturated carbocycles. The molecule has 1 aliphatic heterocycles. The Morgan fingerprint density at radius 3 is 2.72 bits per heavy atom. The number of amides is 1. The molecule has 0 unspecified atom stereocenters. The quantitative estimate of drug-likeness (QED) is 0.817. The summed E-state index contributed by atoms with van der Waals surface area (Å²) in [6, 6.07) is 3.80. The van der Waals surface area contributed by atoms with Crippen molar-refractivity contribution in [3.63, 3.8) is 0 Å². The molecule has 0 bridgehead atoms. The van der Waals surface area contributed by atoms with E-state index in [1.54, 1.807) is 7.05 Å². The molecule has 2 rings (SSSR count). The van der Waals surface area contributed by atoms with Crippen molar-refractivity contribution in [1.29, 1.82) is 0 Å². The van der Waals surface area contributed by atoms with E-state index in [1.807, 2.05) is 19.1 Å². The number of aromatic nitrogens is 1. The van der Waals surface area contributed by atoms with E-state index in [0.717, 1.165) is 37.4 Å². The number of pyridine rings is 1. The van der Waals surface area contributed by atoms with Gasteiger partial charge in [-0.3, -0.25) is 4.79 Å². The van der Waals surface area contributed by atoms with E-state index in [4.69, 9.17) is 5.73 Å². The number of carbonyl (C=O) groups excluding carboxylic acids is 1. The van der Waals surface area contributed by atoms with E-state index in [1.165, 1.54) is 0 Å². The van der Waals surface area contributed by atoms with Gasteiger partial charge < -0.3 is 16.0 Å². The summed E-state index contributed by atoms with van der Waals surface area (Å²) < 4.78 is 0. The second-order valence-corrected chi connectivity index (χ2v) is 4.74. The molecule has 1 saturated heterocycles. The fourth-order valence-electron chi connectivity index (χ4n) is 2.36. The average molecular weight is 248 g/mol. The SMILES string of the molecule is CNC(=O)C1CCN(c2nc(C)ccc2N)CC1. The number of hydrogen-bond donors (Lipinski definition) is 2. The predicted octanol–water partition coefficient (Wildman–Crippen LogP) is 0.935. The molecular formula is C13H20N4O. The Morgan fingerprint density at radius 2 is 2.11 bits per heavy atom. The lowest BCUT2D eigenvalue weighted by atomic mass is 9.96. The number of aryl methyl sites for hydroxylation is 1. The topological polar surface area (TPSA) is 71.2 Å². The lowest BCUT2D eigenvalue weighted by Gasteiger charge is -2.32. The highest BCUT2D eigenvalue weighted by molar-refractivity contribution is 5.78. The summed E-state index contributed by atoms with van der Waals surface area (Å²) in [5, 5.41) is 2.71. The summed E-state index contributed by atoms with van der Waals surface area (Å²) in [6.07, 6.45) is 1.71. The van der Waals surface area contributed by atoms with Gasteiger partial charge in [0.2, 0.25) is 5.91 Å². The highest BCUT2D eigenvalue weighted by atomic mass is 16.1. The molecule has 0 aliphatic carbocycles. The van der Waals surface area contributed by atoms with Gasteiger partial charge in [-0.1, -0.05) is 0 Å². The van der Waals surface area contributed by atoms with Crippen molar-refractivity contribution in [1.82, 2.24) is 10.3 Å². The van der Waals surface area contributed by atoms with Crippen LogP contribution >= 0.6 is 0 Å². The Labute approximate surface area is 107 Å². The first-order chi connectivity index (χ1) is 8.61. The van der Waals surface area contributed by atoms with Crippen LogP contribution in [0.4, 0.5) is 11.5 Å². The van der Waals surface area contributed by atoms with Crippen molar-refractivity contribution in [2.45, 2.75) is 19.8 Å². The van der Waals surface area contributed by atoms with E-state index in [9.17, 15) is 4.79 Å². The third kappa shape index (κ3) is 2.55. The molecule has 2 heterocycles. The number of carbonyl (C=O) groups is 1. The van der Waals surface area contributed by atoms with Crippen molar-refractivity contribution in [2.24, 2.45) is 5.92 Å². The van der Waals surface area contributed by atoms with Crippen molar-refractivity contribution in [2.75, 3.05) is 30.8 Å². The van der Waals surface area contributed by atoms with Gasteiger partial charge in [0, 0.05) is 31.7 Å². The van der Waals surface area contributed by atoms with Gasteiger partial charge >= 0.3 is 0 Å². The molecule has 3 N–H and O–H groups in total. The van der Waals surface area contributed by atoms with Gasteiger partial charge in [0.1, 0.15) is 0 Å². The van der Waals surface area contributed by atoms with Crippen LogP contribution < -0.4 is 16.0 Å².